The van der Waals surface area contributed by atoms with Gasteiger partial charge in [0.2, 0.25) is 0 Å². The Kier molecular flexibility index (Phi) is 4.28. The van der Waals surface area contributed by atoms with E-state index >= 15 is 0 Å². The van der Waals surface area contributed by atoms with Crippen LogP contribution in [0.15, 0.2) is 0 Å². The van der Waals surface area contributed by atoms with Crippen molar-refractivity contribution in [3.63, 3.8) is 0 Å². The number of fused-ring (bicyclic) bond motifs is 3. The van der Waals surface area contributed by atoms with E-state index in [0.29, 0.717) is 0 Å². The zero-order chi connectivity index (χ0) is 9.84. The first-order valence-electron chi connectivity index (χ1n) is 6.33. The standard InChI is InChI=1S/C11H20.C2H6/c1-3-11-8(2)9-4-6-10(11)7-5-9;1-2/h8-11H,3-7H2,1-2H3;1-2H3. The van der Waals surface area contributed by atoms with Crippen LogP contribution in [0.2, 0.25) is 0 Å². The smallest absolute Gasteiger partial charge is 0.0360 e. The summed E-state index contributed by atoms with van der Waals surface area (Å²) < 4.78 is 0. The van der Waals surface area contributed by atoms with Crippen molar-refractivity contribution < 1.29 is 0 Å². The van der Waals surface area contributed by atoms with Crippen LogP contribution in [0.1, 0.15) is 59.8 Å². The quantitative estimate of drug-likeness (QED) is 0.560. The first kappa shape index (κ1) is 11.1. The summed E-state index contributed by atoms with van der Waals surface area (Å²) in [5, 5.41) is 0. The predicted molar refractivity (Wildman–Crippen MR) is 59.7 cm³/mol. The topological polar surface area (TPSA) is 0 Å². The van der Waals surface area contributed by atoms with Gasteiger partial charge in [0, 0.05) is 0 Å². The van der Waals surface area contributed by atoms with Gasteiger partial charge < -0.3 is 0 Å². The Labute approximate surface area is 84.1 Å². The first-order valence-corrected chi connectivity index (χ1v) is 6.33. The largest absolute Gasteiger partial charge is 0.0683 e. The number of hydrogen-bond donors (Lipinski definition) is 0. The van der Waals surface area contributed by atoms with Gasteiger partial charge in [-0.2, -0.15) is 0 Å². The van der Waals surface area contributed by atoms with E-state index in [9.17, 15) is 0 Å². The molecule has 2 bridgehead atoms. The third-order valence-corrected chi connectivity index (χ3v) is 4.31. The zero-order valence-corrected chi connectivity index (χ0v) is 9.84. The molecule has 3 aliphatic carbocycles. The molecule has 2 unspecified atom stereocenters. The van der Waals surface area contributed by atoms with Crippen LogP contribution >= 0.6 is 0 Å². The maximum Gasteiger partial charge on any atom is -0.0360 e. The van der Waals surface area contributed by atoms with Crippen molar-refractivity contribution in [1.82, 2.24) is 0 Å². The molecule has 0 heteroatoms. The Hall–Kier alpha value is 0. The SMILES string of the molecule is CC.CCC1C2CCC(CC2)C1C. The predicted octanol–water partition coefficient (Wildman–Crippen LogP) is 4.49. The minimum Gasteiger partial charge on any atom is -0.0683 e. The zero-order valence-electron chi connectivity index (χ0n) is 9.84. The van der Waals surface area contributed by atoms with Crippen molar-refractivity contribution in [3.05, 3.63) is 0 Å². The molecule has 0 aromatic rings. The highest BCUT2D eigenvalue weighted by atomic mass is 14.4. The molecule has 0 spiro atoms. The minimum absolute atomic E-state index is 1.05. The molecule has 13 heavy (non-hydrogen) atoms. The molecule has 2 atom stereocenters. The van der Waals surface area contributed by atoms with E-state index < -0.39 is 0 Å². The van der Waals surface area contributed by atoms with Crippen LogP contribution in [0, 0.1) is 23.7 Å². The molecule has 0 radical (unpaired) electrons. The Bertz CT molecular complexity index is 129. The molecule has 3 rings (SSSR count). The fourth-order valence-corrected chi connectivity index (χ4v) is 3.58. The molecule has 0 heterocycles. The maximum atomic E-state index is 2.49. The van der Waals surface area contributed by atoms with Gasteiger partial charge in [-0.25, -0.2) is 0 Å². The average Bonchev–Trinajstić information content (AvgIpc) is 2.23. The molecule has 0 saturated heterocycles. The second-order valence-electron chi connectivity index (χ2n) is 4.61. The van der Waals surface area contributed by atoms with Crippen LogP contribution in [0.5, 0.6) is 0 Å². The lowest BCUT2D eigenvalue weighted by atomic mass is 9.58. The summed E-state index contributed by atoms with van der Waals surface area (Å²) in [6.45, 7) is 8.87. The second-order valence-corrected chi connectivity index (χ2v) is 4.61. The molecule has 3 fully saturated rings. The summed E-state index contributed by atoms with van der Waals surface area (Å²) in [6, 6.07) is 0. The summed E-state index contributed by atoms with van der Waals surface area (Å²) >= 11 is 0. The van der Waals surface area contributed by atoms with Gasteiger partial charge in [0.25, 0.3) is 0 Å². The highest BCUT2D eigenvalue weighted by molar-refractivity contribution is 4.89. The van der Waals surface area contributed by atoms with Gasteiger partial charge in [0.05, 0.1) is 0 Å². The second kappa shape index (κ2) is 5.02. The monoisotopic (exact) mass is 182 g/mol. The summed E-state index contributed by atoms with van der Waals surface area (Å²) in [7, 11) is 0. The lowest BCUT2D eigenvalue weighted by Gasteiger charge is -2.47. The molecule has 3 saturated carbocycles. The van der Waals surface area contributed by atoms with E-state index in [1.165, 1.54) is 6.42 Å². The minimum atomic E-state index is 1.05. The van der Waals surface area contributed by atoms with Crippen molar-refractivity contribution in [1.29, 1.82) is 0 Å². The van der Waals surface area contributed by atoms with E-state index in [1.54, 1.807) is 25.7 Å². The maximum absolute atomic E-state index is 2.49. The van der Waals surface area contributed by atoms with Gasteiger partial charge in [-0.1, -0.05) is 34.1 Å². The molecule has 0 aromatic carbocycles. The summed E-state index contributed by atoms with van der Waals surface area (Å²) in [4.78, 5) is 0. The molecular weight excluding hydrogens is 156 g/mol. The van der Waals surface area contributed by atoms with Gasteiger partial charge in [-0.05, 0) is 49.4 Å². The number of hydrogen-bond acceptors (Lipinski definition) is 0. The van der Waals surface area contributed by atoms with E-state index in [1.807, 2.05) is 13.8 Å². The first-order chi connectivity index (χ1) is 6.33. The van der Waals surface area contributed by atoms with Gasteiger partial charge in [-0.15, -0.1) is 0 Å². The molecule has 0 amide bonds. The van der Waals surface area contributed by atoms with Crippen molar-refractivity contribution in [2.75, 3.05) is 0 Å². The van der Waals surface area contributed by atoms with Crippen LogP contribution in [0.25, 0.3) is 0 Å². The summed E-state index contributed by atoms with van der Waals surface area (Å²) in [6.07, 6.45) is 7.62. The normalized spacial score (nSPS) is 42.5. The molecule has 0 aromatic heterocycles. The van der Waals surface area contributed by atoms with Crippen LogP contribution in [0.3, 0.4) is 0 Å². The van der Waals surface area contributed by atoms with E-state index in [2.05, 4.69) is 13.8 Å². The molecular formula is C13H26. The van der Waals surface area contributed by atoms with Crippen LogP contribution in [-0.2, 0) is 0 Å². The third kappa shape index (κ3) is 2.08. The molecule has 78 valence electrons. The number of rotatable bonds is 1. The Morgan fingerprint density at radius 3 is 1.69 bits per heavy atom. The molecule has 0 aliphatic heterocycles. The Morgan fingerprint density at radius 2 is 1.38 bits per heavy atom. The molecule has 0 N–H and O–H groups in total. The summed E-state index contributed by atoms with van der Waals surface area (Å²) in [5.74, 6) is 4.35. The van der Waals surface area contributed by atoms with Crippen molar-refractivity contribution in [3.8, 4) is 0 Å². The lowest BCUT2D eigenvalue weighted by molar-refractivity contribution is 0.0320. The van der Waals surface area contributed by atoms with Gasteiger partial charge in [0.1, 0.15) is 0 Å². The summed E-state index contributed by atoms with van der Waals surface area (Å²) in [5.41, 5.74) is 0. The van der Waals surface area contributed by atoms with Gasteiger partial charge >= 0.3 is 0 Å². The third-order valence-electron chi connectivity index (χ3n) is 4.31. The fourth-order valence-electron chi connectivity index (χ4n) is 3.58. The highest BCUT2D eigenvalue weighted by Crippen LogP contribution is 2.49. The highest BCUT2D eigenvalue weighted by Gasteiger charge is 2.39. The van der Waals surface area contributed by atoms with Gasteiger partial charge in [-0.3, -0.25) is 0 Å². The fraction of sp³-hybridized carbons (Fsp3) is 1.00. The lowest BCUT2D eigenvalue weighted by Crippen LogP contribution is -2.38. The van der Waals surface area contributed by atoms with E-state index in [4.69, 9.17) is 0 Å². The Balaban J connectivity index is 0.000000396. The average molecular weight is 182 g/mol. The van der Waals surface area contributed by atoms with Crippen LogP contribution < -0.4 is 0 Å². The van der Waals surface area contributed by atoms with Gasteiger partial charge in [0.15, 0.2) is 0 Å². The molecule has 3 aliphatic rings. The van der Waals surface area contributed by atoms with Crippen LogP contribution in [0.4, 0.5) is 0 Å². The Morgan fingerprint density at radius 1 is 0.923 bits per heavy atom. The van der Waals surface area contributed by atoms with Crippen LogP contribution in [-0.4, -0.2) is 0 Å². The molecule has 0 nitrogen and oxygen atoms in total. The van der Waals surface area contributed by atoms with Crippen molar-refractivity contribution >= 4 is 0 Å². The van der Waals surface area contributed by atoms with E-state index in [-0.39, 0.29) is 0 Å². The van der Waals surface area contributed by atoms with E-state index in [0.717, 1.165) is 23.7 Å². The van der Waals surface area contributed by atoms with Crippen molar-refractivity contribution in [2.45, 2.75) is 59.8 Å². The van der Waals surface area contributed by atoms with Crippen molar-refractivity contribution in [2.24, 2.45) is 23.7 Å².